The smallest absolute Gasteiger partial charge is 0.141 e. The summed E-state index contributed by atoms with van der Waals surface area (Å²) < 4.78 is 26.7. The Labute approximate surface area is 110 Å². The molecule has 0 fully saturated rings. The maximum absolute atomic E-state index is 13.5. The number of hydrogen-bond donors (Lipinski definition) is 1. The minimum absolute atomic E-state index is 0.0327. The van der Waals surface area contributed by atoms with Crippen LogP contribution < -0.4 is 5.32 Å². The van der Waals surface area contributed by atoms with Gasteiger partial charge in [-0.25, -0.2) is 8.78 Å². The summed E-state index contributed by atoms with van der Waals surface area (Å²) in [7, 11) is 0. The highest BCUT2D eigenvalue weighted by atomic mass is 19.1. The molecule has 0 heterocycles. The van der Waals surface area contributed by atoms with Crippen molar-refractivity contribution in [2.45, 2.75) is 13.5 Å². The molecule has 2 aromatic rings. The van der Waals surface area contributed by atoms with Crippen LogP contribution >= 0.6 is 0 Å². The minimum atomic E-state index is -0.560. The summed E-state index contributed by atoms with van der Waals surface area (Å²) >= 11 is 0. The van der Waals surface area contributed by atoms with Crippen molar-refractivity contribution in [3.8, 4) is 6.07 Å². The maximum Gasteiger partial charge on any atom is 0.141 e. The summed E-state index contributed by atoms with van der Waals surface area (Å²) in [6, 6.07) is 10.8. The van der Waals surface area contributed by atoms with E-state index >= 15 is 0 Å². The lowest BCUT2D eigenvalue weighted by Gasteiger charge is -2.08. The second kappa shape index (κ2) is 5.49. The largest absolute Gasteiger partial charge is 0.381 e. The third-order valence-corrected chi connectivity index (χ3v) is 2.77. The number of hydrogen-bond acceptors (Lipinski definition) is 2. The molecular formula is C15H12F2N2. The second-order valence-electron chi connectivity index (χ2n) is 4.25. The van der Waals surface area contributed by atoms with Gasteiger partial charge in [-0.05, 0) is 31.2 Å². The second-order valence-corrected chi connectivity index (χ2v) is 4.25. The Morgan fingerprint density at radius 1 is 1.11 bits per heavy atom. The van der Waals surface area contributed by atoms with E-state index in [1.54, 1.807) is 18.2 Å². The molecule has 0 amide bonds. The van der Waals surface area contributed by atoms with E-state index in [-0.39, 0.29) is 17.9 Å². The van der Waals surface area contributed by atoms with Crippen molar-refractivity contribution in [2.24, 2.45) is 0 Å². The average Bonchev–Trinajstić information content (AvgIpc) is 2.41. The predicted molar refractivity (Wildman–Crippen MR) is 69.6 cm³/mol. The Bertz CT molecular complexity index is 645. The van der Waals surface area contributed by atoms with Gasteiger partial charge in [-0.1, -0.05) is 17.7 Å². The molecule has 0 aliphatic heterocycles. The molecule has 0 atom stereocenters. The number of anilines is 1. The molecule has 19 heavy (non-hydrogen) atoms. The van der Waals surface area contributed by atoms with Crippen molar-refractivity contribution in [3.63, 3.8) is 0 Å². The third-order valence-electron chi connectivity index (χ3n) is 2.77. The van der Waals surface area contributed by atoms with Gasteiger partial charge in [0.05, 0.1) is 5.56 Å². The van der Waals surface area contributed by atoms with E-state index in [2.05, 4.69) is 5.32 Å². The predicted octanol–water partition coefficient (Wildman–Crippen LogP) is 3.76. The molecule has 2 nitrogen and oxygen atoms in total. The first kappa shape index (κ1) is 13.0. The van der Waals surface area contributed by atoms with Gasteiger partial charge >= 0.3 is 0 Å². The average molecular weight is 258 g/mol. The van der Waals surface area contributed by atoms with Crippen LogP contribution in [-0.2, 0) is 6.54 Å². The quantitative estimate of drug-likeness (QED) is 0.909. The fourth-order valence-corrected chi connectivity index (χ4v) is 1.76. The van der Waals surface area contributed by atoms with Crippen molar-refractivity contribution >= 4 is 5.69 Å². The highest BCUT2D eigenvalue weighted by Gasteiger charge is 2.05. The van der Waals surface area contributed by atoms with Crippen LogP contribution in [0.15, 0.2) is 36.4 Å². The molecular weight excluding hydrogens is 246 g/mol. The lowest BCUT2D eigenvalue weighted by atomic mass is 10.1. The van der Waals surface area contributed by atoms with Crippen LogP contribution in [0.25, 0.3) is 0 Å². The van der Waals surface area contributed by atoms with Crippen molar-refractivity contribution in [3.05, 3.63) is 64.7 Å². The highest BCUT2D eigenvalue weighted by Crippen LogP contribution is 2.16. The number of aryl methyl sites for hydroxylation is 1. The van der Waals surface area contributed by atoms with Crippen LogP contribution in [0.4, 0.5) is 14.5 Å². The first-order chi connectivity index (χ1) is 9.10. The van der Waals surface area contributed by atoms with Gasteiger partial charge in [-0.3, -0.25) is 0 Å². The molecule has 0 aromatic heterocycles. The number of nitrogens with one attached hydrogen (secondary N) is 1. The van der Waals surface area contributed by atoms with Gasteiger partial charge in [-0.2, -0.15) is 5.26 Å². The van der Waals surface area contributed by atoms with Crippen molar-refractivity contribution in [1.29, 1.82) is 5.26 Å². The van der Waals surface area contributed by atoms with Crippen molar-refractivity contribution in [2.75, 3.05) is 5.32 Å². The SMILES string of the molecule is Cc1ccc(F)c(CNc2ccc(F)c(C#N)c2)c1. The summed E-state index contributed by atoms with van der Waals surface area (Å²) in [4.78, 5) is 0. The zero-order valence-electron chi connectivity index (χ0n) is 10.4. The molecule has 0 saturated heterocycles. The molecule has 1 N–H and O–H groups in total. The molecule has 0 aliphatic carbocycles. The lowest BCUT2D eigenvalue weighted by molar-refractivity contribution is 0.612. The standard InChI is InChI=1S/C15H12F2N2/c1-10-2-4-15(17)12(6-10)9-19-13-3-5-14(16)11(7-13)8-18/h2-7,19H,9H2,1H3. The van der Waals surface area contributed by atoms with E-state index in [1.165, 1.54) is 24.3 Å². The molecule has 0 saturated carbocycles. The van der Waals surface area contributed by atoms with Crippen LogP contribution in [0.1, 0.15) is 16.7 Å². The Balaban J connectivity index is 2.15. The Kier molecular flexibility index (Phi) is 3.76. The van der Waals surface area contributed by atoms with E-state index in [0.29, 0.717) is 11.3 Å². The summed E-state index contributed by atoms with van der Waals surface area (Å²) in [5.74, 6) is -0.851. The monoisotopic (exact) mass is 258 g/mol. The third kappa shape index (κ3) is 3.08. The zero-order valence-corrected chi connectivity index (χ0v) is 10.4. The first-order valence-electron chi connectivity index (χ1n) is 5.78. The van der Waals surface area contributed by atoms with Crippen LogP contribution in [0.2, 0.25) is 0 Å². The van der Waals surface area contributed by atoms with E-state index in [1.807, 2.05) is 6.92 Å². The molecule has 0 radical (unpaired) electrons. The highest BCUT2D eigenvalue weighted by molar-refractivity contribution is 5.50. The fraction of sp³-hybridized carbons (Fsp3) is 0.133. The maximum atomic E-state index is 13.5. The number of nitriles is 1. The van der Waals surface area contributed by atoms with Gasteiger partial charge in [0.2, 0.25) is 0 Å². The lowest BCUT2D eigenvalue weighted by Crippen LogP contribution is -2.02. The van der Waals surface area contributed by atoms with Gasteiger partial charge in [0.25, 0.3) is 0 Å². The van der Waals surface area contributed by atoms with Gasteiger partial charge < -0.3 is 5.32 Å². The molecule has 96 valence electrons. The van der Waals surface area contributed by atoms with Gasteiger partial charge in [-0.15, -0.1) is 0 Å². The van der Waals surface area contributed by atoms with Crippen LogP contribution in [-0.4, -0.2) is 0 Å². The molecule has 2 rings (SSSR count). The number of nitrogens with zero attached hydrogens (tertiary/aromatic N) is 1. The molecule has 0 aliphatic rings. The van der Waals surface area contributed by atoms with Gasteiger partial charge in [0, 0.05) is 17.8 Å². The number of rotatable bonds is 3. The summed E-state index contributed by atoms with van der Waals surface area (Å²) in [6.45, 7) is 2.17. The Morgan fingerprint density at radius 3 is 2.58 bits per heavy atom. The first-order valence-corrected chi connectivity index (χ1v) is 5.78. The topological polar surface area (TPSA) is 35.8 Å². The molecule has 0 spiro atoms. The molecule has 0 unspecified atom stereocenters. The van der Waals surface area contributed by atoms with Crippen molar-refractivity contribution in [1.82, 2.24) is 0 Å². The number of benzene rings is 2. The van der Waals surface area contributed by atoms with Crippen LogP contribution in [0, 0.1) is 29.9 Å². The Morgan fingerprint density at radius 2 is 1.84 bits per heavy atom. The number of halogens is 2. The fourth-order valence-electron chi connectivity index (χ4n) is 1.76. The van der Waals surface area contributed by atoms with E-state index < -0.39 is 5.82 Å². The van der Waals surface area contributed by atoms with Crippen LogP contribution in [0.3, 0.4) is 0 Å². The van der Waals surface area contributed by atoms with Gasteiger partial charge in [0.15, 0.2) is 0 Å². The minimum Gasteiger partial charge on any atom is -0.381 e. The normalized spacial score (nSPS) is 10.0. The Hall–Kier alpha value is -2.41. The summed E-state index contributed by atoms with van der Waals surface area (Å²) in [5, 5.41) is 11.7. The zero-order chi connectivity index (χ0) is 13.8. The van der Waals surface area contributed by atoms with Crippen LogP contribution in [0.5, 0.6) is 0 Å². The van der Waals surface area contributed by atoms with E-state index in [4.69, 9.17) is 5.26 Å². The molecule has 2 aromatic carbocycles. The summed E-state index contributed by atoms with van der Waals surface area (Å²) in [5.41, 5.74) is 2.05. The van der Waals surface area contributed by atoms with E-state index in [0.717, 1.165) is 5.56 Å². The van der Waals surface area contributed by atoms with Gasteiger partial charge in [0.1, 0.15) is 17.7 Å². The summed E-state index contributed by atoms with van der Waals surface area (Å²) in [6.07, 6.45) is 0. The molecule has 0 bridgehead atoms. The van der Waals surface area contributed by atoms with E-state index in [9.17, 15) is 8.78 Å². The molecule has 4 heteroatoms. The van der Waals surface area contributed by atoms with Crippen molar-refractivity contribution < 1.29 is 8.78 Å².